The molecule has 1 aromatic heterocycles. The van der Waals surface area contributed by atoms with Gasteiger partial charge in [-0.25, -0.2) is 0 Å². The lowest BCUT2D eigenvalue weighted by Gasteiger charge is -2.14. The van der Waals surface area contributed by atoms with E-state index < -0.39 is 0 Å². The quantitative estimate of drug-likeness (QED) is 0.749. The first-order valence-electron chi connectivity index (χ1n) is 4.96. The van der Waals surface area contributed by atoms with Crippen LogP contribution in [0, 0.1) is 5.92 Å². The molecule has 4 heteroatoms. The molecule has 1 aromatic rings. The zero-order valence-corrected chi connectivity index (χ0v) is 8.13. The van der Waals surface area contributed by atoms with Crippen molar-refractivity contribution in [3.05, 3.63) is 24.3 Å². The maximum atomic E-state index is 9.00. The number of hydrogen-bond acceptors (Lipinski definition) is 4. The molecular formula is C10H15N3O. The number of aromatic nitrogens is 2. The predicted octanol–water partition coefficient (Wildman–Crippen LogP) is 0.291. The monoisotopic (exact) mass is 193 g/mol. The normalized spacial score (nSPS) is 22.8. The molecule has 0 aliphatic carbocycles. The second-order valence-corrected chi connectivity index (χ2v) is 3.77. The molecule has 0 unspecified atom stereocenters. The summed E-state index contributed by atoms with van der Waals surface area (Å²) in [5.41, 5.74) is 1.01. The van der Waals surface area contributed by atoms with Crippen LogP contribution in [0.3, 0.4) is 0 Å². The highest BCUT2D eigenvalue weighted by molar-refractivity contribution is 4.95. The molecule has 1 saturated heterocycles. The fraction of sp³-hybridized carbons (Fsp3) is 0.600. The Bertz CT molecular complexity index is 278. The molecule has 2 heterocycles. The maximum absolute atomic E-state index is 9.00. The summed E-state index contributed by atoms with van der Waals surface area (Å²) in [5, 5.41) is 9.00. The summed E-state index contributed by atoms with van der Waals surface area (Å²) in [4.78, 5) is 10.6. The summed E-state index contributed by atoms with van der Waals surface area (Å²) in [7, 11) is 0. The van der Waals surface area contributed by atoms with Gasteiger partial charge >= 0.3 is 0 Å². The average molecular weight is 193 g/mol. The lowest BCUT2D eigenvalue weighted by atomic mass is 10.1. The van der Waals surface area contributed by atoms with Gasteiger partial charge in [0.2, 0.25) is 0 Å². The van der Waals surface area contributed by atoms with Gasteiger partial charge in [-0.05, 0) is 18.9 Å². The molecule has 0 radical (unpaired) electrons. The van der Waals surface area contributed by atoms with Crippen molar-refractivity contribution in [3.8, 4) is 0 Å². The molecule has 1 atom stereocenters. The first kappa shape index (κ1) is 9.55. The molecular weight excluding hydrogens is 178 g/mol. The smallest absolute Gasteiger partial charge is 0.0726 e. The van der Waals surface area contributed by atoms with Gasteiger partial charge < -0.3 is 5.11 Å². The number of likely N-dealkylation sites (tertiary alicyclic amines) is 1. The first-order chi connectivity index (χ1) is 6.88. The van der Waals surface area contributed by atoms with Crippen LogP contribution < -0.4 is 0 Å². The topological polar surface area (TPSA) is 49.2 Å². The summed E-state index contributed by atoms with van der Waals surface area (Å²) in [5.74, 6) is 0.451. The Morgan fingerprint density at radius 1 is 1.50 bits per heavy atom. The number of rotatable bonds is 3. The van der Waals surface area contributed by atoms with Crippen LogP contribution in [0.5, 0.6) is 0 Å². The number of hydrogen-bond donors (Lipinski definition) is 1. The minimum Gasteiger partial charge on any atom is -0.396 e. The third-order valence-corrected chi connectivity index (χ3v) is 2.63. The molecule has 76 valence electrons. The molecule has 14 heavy (non-hydrogen) atoms. The summed E-state index contributed by atoms with van der Waals surface area (Å²) in [6, 6.07) is 0. The van der Waals surface area contributed by atoms with Crippen LogP contribution in [0.25, 0.3) is 0 Å². The van der Waals surface area contributed by atoms with Crippen LogP contribution in [-0.2, 0) is 6.54 Å². The van der Waals surface area contributed by atoms with Crippen molar-refractivity contribution in [1.29, 1.82) is 0 Å². The second kappa shape index (κ2) is 4.48. The van der Waals surface area contributed by atoms with Crippen molar-refractivity contribution < 1.29 is 5.11 Å². The molecule has 1 aliphatic heterocycles. The standard InChI is InChI=1S/C10H15N3O/c14-8-9-1-4-13(6-9)7-10-5-11-2-3-12-10/h2-3,5,9,14H,1,4,6-8H2/t9-/m1/s1. The lowest BCUT2D eigenvalue weighted by Crippen LogP contribution is -2.21. The Kier molecular flexibility index (Phi) is 3.06. The van der Waals surface area contributed by atoms with Gasteiger partial charge in [0.15, 0.2) is 0 Å². The van der Waals surface area contributed by atoms with Gasteiger partial charge in [-0.2, -0.15) is 0 Å². The van der Waals surface area contributed by atoms with Crippen LogP contribution in [0.4, 0.5) is 0 Å². The van der Waals surface area contributed by atoms with E-state index in [-0.39, 0.29) is 0 Å². The SMILES string of the molecule is OC[C@@H]1CCN(Cc2cnccn2)C1. The van der Waals surface area contributed by atoms with Crippen molar-refractivity contribution in [2.24, 2.45) is 5.92 Å². The Balaban J connectivity index is 1.88. The van der Waals surface area contributed by atoms with Gasteiger partial charge in [0.05, 0.1) is 5.69 Å². The molecule has 0 bridgehead atoms. The predicted molar refractivity (Wildman–Crippen MR) is 52.5 cm³/mol. The summed E-state index contributed by atoms with van der Waals surface area (Å²) in [6.07, 6.45) is 6.29. The molecule has 0 spiro atoms. The fourth-order valence-corrected chi connectivity index (χ4v) is 1.85. The fourth-order valence-electron chi connectivity index (χ4n) is 1.85. The van der Waals surface area contributed by atoms with E-state index in [4.69, 9.17) is 5.11 Å². The largest absolute Gasteiger partial charge is 0.396 e. The van der Waals surface area contributed by atoms with Crippen LogP contribution in [0.15, 0.2) is 18.6 Å². The van der Waals surface area contributed by atoms with Crippen molar-refractivity contribution in [1.82, 2.24) is 14.9 Å². The zero-order valence-electron chi connectivity index (χ0n) is 8.13. The van der Waals surface area contributed by atoms with E-state index >= 15 is 0 Å². The molecule has 2 rings (SSSR count). The van der Waals surface area contributed by atoms with E-state index in [0.717, 1.165) is 31.7 Å². The van der Waals surface area contributed by atoms with E-state index in [1.807, 2.05) is 0 Å². The molecule has 4 nitrogen and oxygen atoms in total. The van der Waals surface area contributed by atoms with Gasteiger partial charge in [0.25, 0.3) is 0 Å². The van der Waals surface area contributed by atoms with Crippen molar-refractivity contribution >= 4 is 0 Å². The highest BCUT2D eigenvalue weighted by Gasteiger charge is 2.21. The Morgan fingerprint density at radius 3 is 3.07 bits per heavy atom. The molecule has 0 aromatic carbocycles. The van der Waals surface area contributed by atoms with Gasteiger partial charge in [0.1, 0.15) is 0 Å². The Hall–Kier alpha value is -1.00. The highest BCUT2D eigenvalue weighted by Crippen LogP contribution is 2.16. The van der Waals surface area contributed by atoms with Crippen LogP contribution in [0.2, 0.25) is 0 Å². The van der Waals surface area contributed by atoms with Gasteiger partial charge in [-0.3, -0.25) is 14.9 Å². The zero-order chi connectivity index (χ0) is 9.80. The number of nitrogens with zero attached hydrogens (tertiary/aromatic N) is 3. The van der Waals surface area contributed by atoms with Crippen LogP contribution >= 0.6 is 0 Å². The lowest BCUT2D eigenvalue weighted by molar-refractivity contribution is 0.219. The summed E-state index contributed by atoms with van der Waals surface area (Å²) in [6.45, 7) is 3.19. The third kappa shape index (κ3) is 2.27. The van der Waals surface area contributed by atoms with E-state index in [9.17, 15) is 0 Å². The molecule has 0 amide bonds. The van der Waals surface area contributed by atoms with Gasteiger partial charge in [-0.1, -0.05) is 0 Å². The van der Waals surface area contributed by atoms with Crippen molar-refractivity contribution in [3.63, 3.8) is 0 Å². The maximum Gasteiger partial charge on any atom is 0.0726 e. The van der Waals surface area contributed by atoms with E-state index in [1.54, 1.807) is 18.6 Å². The molecule has 1 fully saturated rings. The Labute approximate surface area is 83.6 Å². The summed E-state index contributed by atoms with van der Waals surface area (Å²) < 4.78 is 0. The van der Waals surface area contributed by atoms with Crippen LogP contribution in [-0.4, -0.2) is 39.7 Å². The first-order valence-corrected chi connectivity index (χ1v) is 4.96. The van der Waals surface area contributed by atoms with Crippen molar-refractivity contribution in [2.75, 3.05) is 19.7 Å². The van der Waals surface area contributed by atoms with Gasteiger partial charge in [-0.15, -0.1) is 0 Å². The van der Waals surface area contributed by atoms with E-state index in [2.05, 4.69) is 14.9 Å². The van der Waals surface area contributed by atoms with E-state index in [1.165, 1.54) is 0 Å². The minimum absolute atomic E-state index is 0.303. The number of aliphatic hydroxyl groups excluding tert-OH is 1. The number of aliphatic hydroxyl groups is 1. The summed E-state index contributed by atoms with van der Waals surface area (Å²) >= 11 is 0. The minimum atomic E-state index is 0.303. The molecule has 0 saturated carbocycles. The van der Waals surface area contributed by atoms with Crippen molar-refractivity contribution in [2.45, 2.75) is 13.0 Å². The highest BCUT2D eigenvalue weighted by atomic mass is 16.3. The third-order valence-electron chi connectivity index (χ3n) is 2.63. The van der Waals surface area contributed by atoms with Crippen LogP contribution in [0.1, 0.15) is 12.1 Å². The average Bonchev–Trinajstić information content (AvgIpc) is 2.67. The molecule has 1 aliphatic rings. The molecule has 1 N–H and O–H groups in total. The van der Waals surface area contributed by atoms with Gasteiger partial charge in [0, 0.05) is 38.3 Å². The second-order valence-electron chi connectivity index (χ2n) is 3.77. The Morgan fingerprint density at radius 2 is 2.43 bits per heavy atom. The van der Waals surface area contributed by atoms with E-state index in [0.29, 0.717) is 12.5 Å².